The van der Waals surface area contributed by atoms with Crippen LogP contribution in [0.5, 0.6) is 0 Å². The number of aromatic amines is 1. The standard InChI is InChI=1S/C15H18N6O/c1-8(9-3-4-9)21-7-10(11-5-6-20(2)19-11)13-12(15(21)22)14(16)18-17-13/h5-9H,3-4H2,1-2H3,(H3,16,17,18). The molecule has 0 aromatic carbocycles. The Labute approximate surface area is 126 Å². The molecule has 4 rings (SSSR count). The van der Waals surface area contributed by atoms with Gasteiger partial charge in [0.1, 0.15) is 5.39 Å². The number of H-pyrrole nitrogens is 1. The topological polar surface area (TPSA) is 94.5 Å². The fourth-order valence-corrected chi connectivity index (χ4v) is 3.02. The smallest absolute Gasteiger partial charge is 0.264 e. The van der Waals surface area contributed by atoms with Crippen LogP contribution >= 0.6 is 0 Å². The molecule has 7 nitrogen and oxygen atoms in total. The van der Waals surface area contributed by atoms with Crippen LogP contribution in [0, 0.1) is 5.92 Å². The Kier molecular flexibility index (Phi) is 2.66. The van der Waals surface area contributed by atoms with E-state index in [2.05, 4.69) is 22.2 Å². The Balaban J connectivity index is 2.02. The van der Waals surface area contributed by atoms with Crippen LogP contribution < -0.4 is 11.3 Å². The molecule has 1 saturated carbocycles. The zero-order valence-electron chi connectivity index (χ0n) is 12.6. The molecule has 22 heavy (non-hydrogen) atoms. The van der Waals surface area contributed by atoms with E-state index in [1.165, 1.54) is 12.8 Å². The molecule has 1 fully saturated rings. The molecule has 7 heteroatoms. The lowest BCUT2D eigenvalue weighted by Crippen LogP contribution is -2.24. The number of nitrogens with one attached hydrogen (secondary N) is 1. The first-order valence-electron chi connectivity index (χ1n) is 7.45. The molecule has 0 spiro atoms. The molecule has 114 valence electrons. The quantitative estimate of drug-likeness (QED) is 0.769. The minimum atomic E-state index is -0.0830. The van der Waals surface area contributed by atoms with Crippen molar-refractivity contribution in [3.05, 3.63) is 28.8 Å². The van der Waals surface area contributed by atoms with Gasteiger partial charge in [0, 0.05) is 31.0 Å². The summed E-state index contributed by atoms with van der Waals surface area (Å²) in [7, 11) is 1.87. The van der Waals surface area contributed by atoms with Gasteiger partial charge in [0.25, 0.3) is 5.56 Å². The van der Waals surface area contributed by atoms with E-state index in [1.807, 2.05) is 25.5 Å². The summed E-state index contributed by atoms with van der Waals surface area (Å²) in [6, 6.07) is 2.08. The molecule has 1 unspecified atom stereocenters. The first-order valence-corrected chi connectivity index (χ1v) is 7.45. The Bertz CT molecular complexity index is 914. The SMILES string of the molecule is CC(C1CC1)n1cc(-c2ccn(C)n2)c2[nH]nc(N)c2c1=O. The minimum Gasteiger partial charge on any atom is -0.382 e. The van der Waals surface area contributed by atoms with Crippen molar-refractivity contribution in [1.82, 2.24) is 24.5 Å². The molecule has 1 atom stereocenters. The Morgan fingerprint density at radius 2 is 2.23 bits per heavy atom. The third-order valence-electron chi connectivity index (χ3n) is 4.51. The van der Waals surface area contributed by atoms with Crippen LogP contribution in [0.1, 0.15) is 25.8 Å². The van der Waals surface area contributed by atoms with Crippen molar-refractivity contribution in [3.63, 3.8) is 0 Å². The van der Waals surface area contributed by atoms with Crippen LogP contribution in [0.25, 0.3) is 22.2 Å². The minimum absolute atomic E-state index is 0.0830. The Morgan fingerprint density at radius 3 is 2.86 bits per heavy atom. The molecule has 3 heterocycles. The summed E-state index contributed by atoms with van der Waals surface area (Å²) in [5.74, 6) is 0.814. The van der Waals surface area contributed by atoms with Crippen molar-refractivity contribution in [1.29, 1.82) is 0 Å². The van der Waals surface area contributed by atoms with Gasteiger partial charge in [0.05, 0.1) is 11.2 Å². The number of nitrogens with zero attached hydrogens (tertiary/aromatic N) is 4. The molecular weight excluding hydrogens is 280 g/mol. The number of hydrogen-bond donors (Lipinski definition) is 2. The first kappa shape index (κ1) is 13.1. The van der Waals surface area contributed by atoms with E-state index < -0.39 is 0 Å². The first-order chi connectivity index (χ1) is 10.6. The van der Waals surface area contributed by atoms with Crippen molar-refractivity contribution in [2.75, 3.05) is 5.73 Å². The average molecular weight is 298 g/mol. The van der Waals surface area contributed by atoms with Gasteiger partial charge >= 0.3 is 0 Å². The number of rotatable bonds is 3. The van der Waals surface area contributed by atoms with Crippen LogP contribution in [-0.2, 0) is 7.05 Å². The molecule has 0 aliphatic heterocycles. The van der Waals surface area contributed by atoms with E-state index >= 15 is 0 Å². The third-order valence-corrected chi connectivity index (χ3v) is 4.51. The molecule has 0 saturated heterocycles. The van der Waals surface area contributed by atoms with Crippen molar-refractivity contribution in [3.8, 4) is 11.3 Å². The van der Waals surface area contributed by atoms with Crippen LogP contribution in [0.15, 0.2) is 23.3 Å². The number of aromatic nitrogens is 5. The zero-order valence-corrected chi connectivity index (χ0v) is 12.6. The Morgan fingerprint density at radius 1 is 1.45 bits per heavy atom. The van der Waals surface area contributed by atoms with Gasteiger partial charge in [0.2, 0.25) is 0 Å². The van der Waals surface area contributed by atoms with E-state index in [0.717, 1.165) is 11.3 Å². The second kappa shape index (κ2) is 4.46. The maximum absolute atomic E-state index is 12.8. The Hall–Kier alpha value is -2.57. The molecule has 1 aliphatic carbocycles. The van der Waals surface area contributed by atoms with Crippen molar-refractivity contribution in [2.24, 2.45) is 13.0 Å². The van der Waals surface area contributed by atoms with E-state index in [0.29, 0.717) is 16.8 Å². The van der Waals surface area contributed by atoms with Crippen LogP contribution in [-0.4, -0.2) is 24.5 Å². The van der Waals surface area contributed by atoms with Crippen molar-refractivity contribution >= 4 is 16.7 Å². The number of fused-ring (bicyclic) bond motifs is 1. The summed E-state index contributed by atoms with van der Waals surface area (Å²) in [5, 5.41) is 11.8. The normalized spacial score (nSPS) is 16.3. The average Bonchev–Trinajstić information content (AvgIpc) is 3.15. The molecule has 0 radical (unpaired) electrons. The number of aryl methyl sites for hydroxylation is 1. The summed E-state index contributed by atoms with van der Waals surface area (Å²) >= 11 is 0. The van der Waals surface area contributed by atoms with E-state index in [-0.39, 0.29) is 17.4 Å². The summed E-state index contributed by atoms with van der Waals surface area (Å²) in [6.07, 6.45) is 6.10. The number of nitrogen functional groups attached to an aromatic ring is 1. The maximum atomic E-state index is 12.8. The number of anilines is 1. The van der Waals surface area contributed by atoms with Gasteiger partial charge in [-0.1, -0.05) is 0 Å². The number of hydrogen-bond acceptors (Lipinski definition) is 4. The molecular formula is C15H18N6O. The molecule has 0 bridgehead atoms. The van der Waals surface area contributed by atoms with E-state index in [4.69, 9.17) is 5.73 Å². The summed E-state index contributed by atoms with van der Waals surface area (Å²) < 4.78 is 3.52. The largest absolute Gasteiger partial charge is 0.382 e. The van der Waals surface area contributed by atoms with Gasteiger partial charge in [-0.05, 0) is 31.7 Å². The number of nitrogens with two attached hydrogens (primary N) is 1. The van der Waals surface area contributed by atoms with Gasteiger partial charge in [-0.15, -0.1) is 0 Å². The maximum Gasteiger partial charge on any atom is 0.264 e. The fourth-order valence-electron chi connectivity index (χ4n) is 3.02. The van der Waals surface area contributed by atoms with Gasteiger partial charge in [-0.25, -0.2) is 0 Å². The molecule has 1 aliphatic rings. The van der Waals surface area contributed by atoms with Crippen LogP contribution in [0.3, 0.4) is 0 Å². The van der Waals surface area contributed by atoms with E-state index in [1.54, 1.807) is 9.25 Å². The highest BCUT2D eigenvalue weighted by atomic mass is 16.1. The lowest BCUT2D eigenvalue weighted by Gasteiger charge is -2.16. The predicted molar refractivity (Wildman–Crippen MR) is 84.4 cm³/mol. The highest BCUT2D eigenvalue weighted by Crippen LogP contribution is 2.39. The van der Waals surface area contributed by atoms with E-state index in [9.17, 15) is 4.79 Å². The fraction of sp³-hybridized carbons (Fsp3) is 0.400. The lowest BCUT2D eigenvalue weighted by atomic mass is 10.1. The van der Waals surface area contributed by atoms with Gasteiger partial charge in [-0.2, -0.15) is 10.2 Å². The highest BCUT2D eigenvalue weighted by molar-refractivity contribution is 5.97. The number of pyridine rings is 1. The zero-order chi connectivity index (χ0) is 15.4. The summed E-state index contributed by atoms with van der Waals surface area (Å²) in [4.78, 5) is 12.8. The second-order valence-corrected chi connectivity index (χ2v) is 6.07. The summed E-state index contributed by atoms with van der Waals surface area (Å²) in [5.41, 5.74) is 8.13. The third kappa shape index (κ3) is 1.85. The predicted octanol–water partition coefficient (Wildman–Crippen LogP) is 1.68. The molecule has 3 aromatic rings. The molecule has 0 amide bonds. The van der Waals surface area contributed by atoms with Crippen LogP contribution in [0.2, 0.25) is 0 Å². The second-order valence-electron chi connectivity index (χ2n) is 6.07. The lowest BCUT2D eigenvalue weighted by molar-refractivity contribution is 0.474. The van der Waals surface area contributed by atoms with Crippen LogP contribution in [0.4, 0.5) is 5.82 Å². The molecule has 3 N–H and O–H groups in total. The summed E-state index contributed by atoms with van der Waals surface area (Å²) in [6.45, 7) is 2.09. The van der Waals surface area contributed by atoms with Gasteiger partial charge < -0.3 is 10.3 Å². The van der Waals surface area contributed by atoms with Gasteiger partial charge in [-0.3, -0.25) is 14.6 Å². The highest BCUT2D eigenvalue weighted by Gasteiger charge is 2.31. The van der Waals surface area contributed by atoms with Crippen molar-refractivity contribution < 1.29 is 0 Å². The molecule has 3 aromatic heterocycles. The van der Waals surface area contributed by atoms with Crippen molar-refractivity contribution in [2.45, 2.75) is 25.8 Å². The monoisotopic (exact) mass is 298 g/mol. The van der Waals surface area contributed by atoms with Gasteiger partial charge in [0.15, 0.2) is 5.82 Å².